The van der Waals surface area contributed by atoms with Gasteiger partial charge in [0, 0.05) is 26.1 Å². The predicted octanol–water partition coefficient (Wildman–Crippen LogP) is 1.68. The third-order valence-corrected chi connectivity index (χ3v) is 6.71. The van der Waals surface area contributed by atoms with Crippen LogP contribution in [0, 0.1) is 28.1 Å². The molecule has 0 aromatic carbocycles. The van der Waals surface area contributed by atoms with Crippen LogP contribution in [0.25, 0.3) is 0 Å². The molecule has 3 fully saturated rings. The second-order valence-corrected chi connectivity index (χ2v) is 9.68. The van der Waals surface area contributed by atoms with E-state index in [4.69, 9.17) is 0 Å². The van der Waals surface area contributed by atoms with Crippen molar-refractivity contribution in [2.75, 3.05) is 26.2 Å². The van der Waals surface area contributed by atoms with Gasteiger partial charge < -0.3 is 16.0 Å². The molecule has 5 heteroatoms. The summed E-state index contributed by atoms with van der Waals surface area (Å²) in [7, 11) is 0. The van der Waals surface area contributed by atoms with Crippen LogP contribution in [-0.4, -0.2) is 38.0 Å². The Balaban J connectivity index is 1.49. The molecule has 0 aromatic rings. The Morgan fingerprint density at radius 1 is 1.00 bits per heavy atom. The van der Waals surface area contributed by atoms with Gasteiger partial charge in [-0.3, -0.25) is 9.59 Å². The third-order valence-electron chi connectivity index (χ3n) is 6.71. The summed E-state index contributed by atoms with van der Waals surface area (Å²) in [5.74, 6) is 1.24. The summed E-state index contributed by atoms with van der Waals surface area (Å²) in [4.78, 5) is 25.2. The lowest BCUT2D eigenvalue weighted by Gasteiger charge is -2.26. The zero-order valence-electron chi connectivity index (χ0n) is 15.6. The van der Waals surface area contributed by atoms with E-state index in [0.29, 0.717) is 35.6 Å². The Bertz CT molecular complexity index is 521. The van der Waals surface area contributed by atoms with Crippen LogP contribution >= 0.6 is 0 Å². The van der Waals surface area contributed by atoms with Crippen molar-refractivity contribution in [1.29, 1.82) is 0 Å². The fraction of sp³-hybridized carbons (Fsp3) is 0.895. The van der Waals surface area contributed by atoms with Crippen molar-refractivity contribution in [3.05, 3.63) is 0 Å². The van der Waals surface area contributed by atoms with E-state index < -0.39 is 5.41 Å². The summed E-state index contributed by atoms with van der Waals surface area (Å²) in [6.07, 6.45) is 3.40. The molecule has 2 aliphatic carbocycles. The molecule has 24 heavy (non-hydrogen) atoms. The van der Waals surface area contributed by atoms with E-state index >= 15 is 0 Å². The van der Waals surface area contributed by atoms with E-state index in [-0.39, 0.29) is 11.8 Å². The van der Waals surface area contributed by atoms with Crippen LogP contribution in [-0.2, 0) is 9.59 Å². The van der Waals surface area contributed by atoms with Gasteiger partial charge in [0.1, 0.15) is 0 Å². The predicted molar refractivity (Wildman–Crippen MR) is 94.3 cm³/mol. The summed E-state index contributed by atoms with van der Waals surface area (Å²) in [6.45, 7) is 11.9. The smallest absolute Gasteiger partial charge is 0.228 e. The SMILES string of the molecule is CC1(C)CC1CNC(=O)CC1(C(=O)NCC2CC2(C)C)CCNC1. The summed E-state index contributed by atoms with van der Waals surface area (Å²) in [5, 5.41) is 9.44. The summed E-state index contributed by atoms with van der Waals surface area (Å²) >= 11 is 0. The maximum Gasteiger partial charge on any atom is 0.228 e. The van der Waals surface area contributed by atoms with E-state index in [1.807, 2.05) is 0 Å². The lowest BCUT2D eigenvalue weighted by atomic mass is 9.82. The molecule has 0 spiro atoms. The Hall–Kier alpha value is -1.10. The second-order valence-electron chi connectivity index (χ2n) is 9.68. The number of carbonyl (C=O) groups is 2. The molecule has 3 atom stereocenters. The minimum atomic E-state index is -0.567. The van der Waals surface area contributed by atoms with Crippen molar-refractivity contribution in [2.45, 2.75) is 53.4 Å². The molecule has 3 N–H and O–H groups in total. The van der Waals surface area contributed by atoms with Crippen LogP contribution in [0.4, 0.5) is 0 Å². The molecule has 0 bridgehead atoms. The molecule has 3 aliphatic rings. The maximum absolute atomic E-state index is 12.8. The fourth-order valence-corrected chi connectivity index (χ4v) is 4.03. The molecular weight excluding hydrogens is 302 g/mol. The fourth-order valence-electron chi connectivity index (χ4n) is 4.03. The lowest BCUT2D eigenvalue weighted by Crippen LogP contribution is -2.46. The monoisotopic (exact) mass is 335 g/mol. The van der Waals surface area contributed by atoms with Gasteiger partial charge in [0.25, 0.3) is 0 Å². The Kier molecular flexibility index (Phi) is 4.44. The number of hydrogen-bond donors (Lipinski definition) is 3. The van der Waals surface area contributed by atoms with Crippen LogP contribution < -0.4 is 16.0 Å². The van der Waals surface area contributed by atoms with Gasteiger partial charge in [-0.05, 0) is 48.5 Å². The molecule has 3 rings (SSSR count). The van der Waals surface area contributed by atoms with Crippen LogP contribution in [0.15, 0.2) is 0 Å². The minimum Gasteiger partial charge on any atom is -0.356 e. The first-order valence-corrected chi connectivity index (χ1v) is 9.40. The molecule has 3 unspecified atom stereocenters. The highest BCUT2D eigenvalue weighted by molar-refractivity contribution is 5.89. The molecule has 0 aromatic heterocycles. The number of nitrogens with one attached hydrogen (secondary N) is 3. The molecule has 1 heterocycles. The van der Waals surface area contributed by atoms with E-state index in [0.717, 1.165) is 26.1 Å². The van der Waals surface area contributed by atoms with Crippen molar-refractivity contribution < 1.29 is 9.59 Å². The van der Waals surface area contributed by atoms with E-state index in [1.54, 1.807) is 0 Å². The van der Waals surface area contributed by atoms with Crippen LogP contribution in [0.2, 0.25) is 0 Å². The quantitative estimate of drug-likeness (QED) is 0.663. The van der Waals surface area contributed by atoms with Gasteiger partial charge in [0.2, 0.25) is 11.8 Å². The van der Waals surface area contributed by atoms with Crippen LogP contribution in [0.5, 0.6) is 0 Å². The first kappa shape index (κ1) is 17.7. The average Bonchev–Trinajstić information content (AvgIpc) is 3.19. The van der Waals surface area contributed by atoms with Gasteiger partial charge in [0.05, 0.1) is 5.41 Å². The highest BCUT2D eigenvalue weighted by atomic mass is 16.2. The second kappa shape index (κ2) is 6.01. The van der Waals surface area contributed by atoms with Gasteiger partial charge in [-0.1, -0.05) is 27.7 Å². The van der Waals surface area contributed by atoms with E-state index in [2.05, 4.69) is 43.6 Å². The molecular formula is C19H33N3O2. The van der Waals surface area contributed by atoms with Gasteiger partial charge >= 0.3 is 0 Å². The molecule has 136 valence electrons. The van der Waals surface area contributed by atoms with Crippen molar-refractivity contribution in [1.82, 2.24) is 16.0 Å². The van der Waals surface area contributed by atoms with Crippen molar-refractivity contribution in [3.8, 4) is 0 Å². The number of amides is 2. The summed E-state index contributed by atoms with van der Waals surface area (Å²) in [6, 6.07) is 0. The van der Waals surface area contributed by atoms with Gasteiger partial charge in [0.15, 0.2) is 0 Å². The largest absolute Gasteiger partial charge is 0.356 e. The zero-order valence-corrected chi connectivity index (χ0v) is 15.6. The van der Waals surface area contributed by atoms with Crippen LogP contribution in [0.3, 0.4) is 0 Å². The first-order valence-electron chi connectivity index (χ1n) is 9.40. The Morgan fingerprint density at radius 2 is 1.54 bits per heavy atom. The highest BCUT2D eigenvalue weighted by Crippen LogP contribution is 2.51. The Morgan fingerprint density at radius 3 is 2.00 bits per heavy atom. The van der Waals surface area contributed by atoms with Crippen molar-refractivity contribution in [2.24, 2.45) is 28.1 Å². The van der Waals surface area contributed by atoms with E-state index in [1.165, 1.54) is 12.8 Å². The number of hydrogen-bond acceptors (Lipinski definition) is 3. The van der Waals surface area contributed by atoms with Crippen molar-refractivity contribution >= 4 is 11.8 Å². The molecule has 1 saturated heterocycles. The van der Waals surface area contributed by atoms with E-state index in [9.17, 15) is 9.59 Å². The molecule has 0 radical (unpaired) electrons. The maximum atomic E-state index is 12.8. The topological polar surface area (TPSA) is 70.2 Å². The lowest BCUT2D eigenvalue weighted by molar-refractivity contribution is -0.135. The molecule has 2 amide bonds. The Labute approximate surface area is 145 Å². The zero-order chi connectivity index (χ0) is 17.6. The minimum absolute atomic E-state index is 0.0169. The average molecular weight is 335 g/mol. The number of carbonyl (C=O) groups excluding carboxylic acids is 2. The third kappa shape index (κ3) is 3.76. The summed E-state index contributed by atoms with van der Waals surface area (Å²) in [5.41, 5.74) is 0.166. The first-order chi connectivity index (χ1) is 11.1. The van der Waals surface area contributed by atoms with Gasteiger partial charge in [-0.2, -0.15) is 0 Å². The molecule has 5 nitrogen and oxygen atoms in total. The normalized spacial score (nSPS) is 35.3. The van der Waals surface area contributed by atoms with Crippen molar-refractivity contribution in [3.63, 3.8) is 0 Å². The highest BCUT2D eigenvalue weighted by Gasteiger charge is 2.48. The molecule has 2 saturated carbocycles. The molecule has 1 aliphatic heterocycles. The summed E-state index contributed by atoms with van der Waals surface area (Å²) < 4.78 is 0. The standard InChI is InChI=1S/C19H33N3O2/c1-17(2)7-13(17)10-21-15(23)9-19(5-6-20-12-19)16(24)22-11-14-8-18(14,3)4/h13-14,20H,5-12H2,1-4H3,(H,21,23)(H,22,24). The van der Waals surface area contributed by atoms with Gasteiger partial charge in [-0.15, -0.1) is 0 Å². The van der Waals surface area contributed by atoms with Crippen LogP contribution in [0.1, 0.15) is 53.4 Å². The number of rotatable bonds is 7. The van der Waals surface area contributed by atoms with Gasteiger partial charge in [-0.25, -0.2) is 0 Å².